The maximum absolute atomic E-state index is 14.9. The molecule has 0 amide bonds. The van der Waals surface area contributed by atoms with Gasteiger partial charge < -0.3 is 15.6 Å². The lowest BCUT2D eigenvalue weighted by atomic mass is 10.00. The predicted octanol–water partition coefficient (Wildman–Crippen LogP) is 5.09. The molecular formula is C26H26FN3O3. The third-order valence-corrected chi connectivity index (χ3v) is 5.56. The molecule has 0 bridgehead atoms. The average Bonchev–Trinajstić information content (AvgIpc) is 3.16. The summed E-state index contributed by atoms with van der Waals surface area (Å²) in [6, 6.07) is 18.1. The van der Waals surface area contributed by atoms with Crippen LogP contribution >= 0.6 is 0 Å². The van der Waals surface area contributed by atoms with E-state index in [1.807, 2.05) is 36.7 Å². The summed E-state index contributed by atoms with van der Waals surface area (Å²) < 4.78 is 22.8. The molecule has 1 heterocycles. The molecule has 3 N–H and O–H groups in total. The molecule has 0 atom stereocenters. The summed E-state index contributed by atoms with van der Waals surface area (Å²) in [7, 11) is 0. The van der Waals surface area contributed by atoms with Crippen LogP contribution in [-0.4, -0.2) is 20.9 Å². The van der Waals surface area contributed by atoms with Crippen LogP contribution in [0.2, 0.25) is 0 Å². The largest absolute Gasteiger partial charge is 0.487 e. The molecule has 6 nitrogen and oxygen atoms in total. The third-order valence-electron chi connectivity index (χ3n) is 5.56. The Morgan fingerprint density at radius 2 is 1.88 bits per heavy atom. The van der Waals surface area contributed by atoms with E-state index < -0.39 is 5.97 Å². The number of benzene rings is 3. The summed E-state index contributed by atoms with van der Waals surface area (Å²) in [5.41, 5.74) is 9.56. The van der Waals surface area contributed by atoms with Gasteiger partial charge in [0.2, 0.25) is 0 Å². The number of carboxylic acid groups (broad SMARTS) is 1. The molecule has 0 aliphatic heterocycles. The van der Waals surface area contributed by atoms with Gasteiger partial charge in [0.05, 0.1) is 11.9 Å². The van der Waals surface area contributed by atoms with Gasteiger partial charge in [0.1, 0.15) is 23.9 Å². The quantitative estimate of drug-likeness (QED) is 0.393. The monoisotopic (exact) mass is 447 g/mol. The molecule has 0 saturated carbocycles. The summed E-state index contributed by atoms with van der Waals surface area (Å²) in [6.07, 6.45) is -0.127. The fourth-order valence-corrected chi connectivity index (χ4v) is 3.93. The molecular weight excluding hydrogens is 421 g/mol. The van der Waals surface area contributed by atoms with E-state index in [0.29, 0.717) is 28.1 Å². The Labute approximate surface area is 191 Å². The molecule has 4 aromatic rings. The van der Waals surface area contributed by atoms with E-state index in [0.717, 1.165) is 16.5 Å². The van der Waals surface area contributed by atoms with Gasteiger partial charge in [-0.1, -0.05) is 42.5 Å². The molecule has 0 fully saturated rings. The fraction of sp³-hybridized carbons (Fsp3) is 0.231. The Bertz CT molecular complexity index is 1310. The summed E-state index contributed by atoms with van der Waals surface area (Å²) in [5.74, 6) is -0.743. The number of nitrogens with two attached hydrogens (primary N) is 1. The minimum Gasteiger partial charge on any atom is -0.487 e. The Kier molecular flexibility index (Phi) is 6.42. The van der Waals surface area contributed by atoms with Crippen LogP contribution in [0.5, 0.6) is 5.75 Å². The molecule has 0 radical (unpaired) electrons. The molecule has 170 valence electrons. The number of ether oxygens (including phenoxy) is 1. The molecule has 7 heteroatoms. The second-order valence-corrected chi connectivity index (χ2v) is 8.17. The highest BCUT2D eigenvalue weighted by Crippen LogP contribution is 2.31. The van der Waals surface area contributed by atoms with Gasteiger partial charge in [-0.25, -0.2) is 4.39 Å². The van der Waals surface area contributed by atoms with Crippen molar-refractivity contribution in [3.63, 3.8) is 0 Å². The van der Waals surface area contributed by atoms with Crippen molar-refractivity contribution in [1.29, 1.82) is 0 Å². The van der Waals surface area contributed by atoms with Gasteiger partial charge in [-0.3, -0.25) is 9.48 Å². The SMILES string of the molecule is CC(C)n1nc(COc2ccccc2CC(=O)O)c2cc(-c3cccc(CN)c3F)ccc21. The minimum atomic E-state index is -0.924. The second kappa shape index (κ2) is 9.42. The third kappa shape index (κ3) is 4.59. The number of carbonyl (C=O) groups is 1. The number of rotatable bonds is 8. The number of para-hydroxylation sites is 1. The molecule has 0 unspecified atom stereocenters. The normalized spacial score (nSPS) is 11.3. The number of fused-ring (bicyclic) bond motifs is 1. The van der Waals surface area contributed by atoms with Crippen LogP contribution in [0.3, 0.4) is 0 Å². The zero-order valence-corrected chi connectivity index (χ0v) is 18.6. The maximum atomic E-state index is 14.9. The van der Waals surface area contributed by atoms with Crippen LogP contribution in [-0.2, 0) is 24.4 Å². The van der Waals surface area contributed by atoms with Crippen LogP contribution in [0.15, 0.2) is 60.7 Å². The Morgan fingerprint density at radius 1 is 1.12 bits per heavy atom. The lowest BCUT2D eigenvalue weighted by Gasteiger charge is -2.10. The van der Waals surface area contributed by atoms with Gasteiger partial charge in [-0.15, -0.1) is 0 Å². The van der Waals surface area contributed by atoms with Crippen LogP contribution in [0.25, 0.3) is 22.0 Å². The van der Waals surface area contributed by atoms with E-state index >= 15 is 0 Å². The van der Waals surface area contributed by atoms with E-state index in [4.69, 9.17) is 15.6 Å². The smallest absolute Gasteiger partial charge is 0.307 e. The summed E-state index contributed by atoms with van der Waals surface area (Å²) in [6.45, 7) is 4.36. The highest BCUT2D eigenvalue weighted by atomic mass is 19.1. The van der Waals surface area contributed by atoms with Crippen molar-refractivity contribution in [2.24, 2.45) is 5.73 Å². The van der Waals surface area contributed by atoms with Crippen molar-refractivity contribution in [2.45, 2.75) is 39.5 Å². The number of aliphatic carboxylic acids is 1. The molecule has 3 aromatic carbocycles. The topological polar surface area (TPSA) is 90.4 Å². The lowest BCUT2D eigenvalue weighted by Crippen LogP contribution is -2.06. The van der Waals surface area contributed by atoms with E-state index in [9.17, 15) is 14.3 Å². The van der Waals surface area contributed by atoms with E-state index in [1.165, 1.54) is 0 Å². The van der Waals surface area contributed by atoms with Crippen molar-refractivity contribution in [3.8, 4) is 16.9 Å². The van der Waals surface area contributed by atoms with Gasteiger partial charge >= 0.3 is 5.97 Å². The zero-order valence-electron chi connectivity index (χ0n) is 18.6. The number of nitrogens with zero attached hydrogens (tertiary/aromatic N) is 2. The summed E-state index contributed by atoms with van der Waals surface area (Å²) >= 11 is 0. The number of carboxylic acids is 1. The number of aromatic nitrogens is 2. The van der Waals surface area contributed by atoms with Crippen molar-refractivity contribution in [1.82, 2.24) is 9.78 Å². The Balaban J connectivity index is 1.74. The van der Waals surface area contributed by atoms with Crippen molar-refractivity contribution < 1.29 is 19.0 Å². The Morgan fingerprint density at radius 3 is 2.61 bits per heavy atom. The number of halogens is 1. The first-order chi connectivity index (χ1) is 15.9. The number of hydrogen-bond donors (Lipinski definition) is 2. The second-order valence-electron chi connectivity index (χ2n) is 8.17. The van der Waals surface area contributed by atoms with Gasteiger partial charge in [0.15, 0.2) is 0 Å². The Hall–Kier alpha value is -3.71. The van der Waals surface area contributed by atoms with Crippen LogP contribution < -0.4 is 10.5 Å². The maximum Gasteiger partial charge on any atom is 0.307 e. The van der Waals surface area contributed by atoms with Gasteiger partial charge in [-0.05, 0) is 37.6 Å². The van der Waals surface area contributed by atoms with Gasteiger partial charge in [0, 0.05) is 34.7 Å². The summed E-state index contributed by atoms with van der Waals surface area (Å²) in [5, 5.41) is 14.8. The first kappa shape index (κ1) is 22.5. The first-order valence-corrected chi connectivity index (χ1v) is 10.8. The zero-order chi connectivity index (χ0) is 23.5. The predicted molar refractivity (Wildman–Crippen MR) is 126 cm³/mol. The van der Waals surface area contributed by atoms with Gasteiger partial charge in [-0.2, -0.15) is 5.10 Å². The van der Waals surface area contributed by atoms with Crippen LogP contribution in [0, 0.1) is 5.82 Å². The standard InChI is InChI=1S/C26H26FN3O3/c1-16(2)30-23-11-10-17(20-8-5-7-19(14-28)26(20)27)12-21(23)22(29-30)15-33-24-9-4-3-6-18(24)13-25(31)32/h3-12,16H,13-15,28H2,1-2H3,(H,31,32). The highest BCUT2D eigenvalue weighted by Gasteiger charge is 2.17. The molecule has 4 rings (SSSR count). The van der Waals surface area contributed by atoms with Gasteiger partial charge in [0.25, 0.3) is 0 Å². The lowest BCUT2D eigenvalue weighted by molar-refractivity contribution is -0.136. The first-order valence-electron chi connectivity index (χ1n) is 10.8. The molecule has 33 heavy (non-hydrogen) atoms. The highest BCUT2D eigenvalue weighted by molar-refractivity contribution is 5.87. The molecule has 0 spiro atoms. The van der Waals surface area contributed by atoms with Crippen molar-refractivity contribution in [3.05, 3.63) is 83.3 Å². The molecule has 0 saturated heterocycles. The van der Waals surface area contributed by atoms with Crippen LogP contribution in [0.1, 0.15) is 36.7 Å². The van der Waals surface area contributed by atoms with Crippen LogP contribution in [0.4, 0.5) is 4.39 Å². The van der Waals surface area contributed by atoms with Crippen molar-refractivity contribution in [2.75, 3.05) is 0 Å². The number of hydrogen-bond acceptors (Lipinski definition) is 4. The molecule has 1 aromatic heterocycles. The fourth-order valence-electron chi connectivity index (χ4n) is 3.93. The van der Waals surface area contributed by atoms with E-state index in [2.05, 4.69) is 0 Å². The van der Waals surface area contributed by atoms with E-state index in [-0.39, 0.29) is 31.4 Å². The average molecular weight is 448 g/mol. The van der Waals surface area contributed by atoms with E-state index in [1.54, 1.807) is 42.5 Å². The molecule has 0 aliphatic carbocycles. The minimum absolute atomic E-state index is 0.115. The molecule has 0 aliphatic rings. The van der Waals surface area contributed by atoms with Crippen molar-refractivity contribution >= 4 is 16.9 Å². The summed E-state index contributed by atoms with van der Waals surface area (Å²) in [4.78, 5) is 11.2.